The molecule has 1 heterocycles. The highest BCUT2D eigenvalue weighted by atomic mass is 32.2. The summed E-state index contributed by atoms with van der Waals surface area (Å²) in [6.45, 7) is 3.65. The lowest BCUT2D eigenvalue weighted by atomic mass is 9.95. The van der Waals surface area contributed by atoms with Gasteiger partial charge in [0.25, 0.3) is 0 Å². The van der Waals surface area contributed by atoms with Gasteiger partial charge in [-0.3, -0.25) is 4.79 Å². The number of carbonyl (C=O) groups is 1. The molecule has 2 rings (SSSR count). The Morgan fingerprint density at radius 1 is 1.19 bits per heavy atom. The number of hydrogen-bond donors (Lipinski definition) is 1. The molecule has 1 aliphatic heterocycles. The van der Waals surface area contributed by atoms with E-state index in [1.165, 1.54) is 6.26 Å². The van der Waals surface area contributed by atoms with E-state index < -0.39 is 14.6 Å². The summed E-state index contributed by atoms with van der Waals surface area (Å²) in [5, 5.41) is 3.14. The van der Waals surface area contributed by atoms with Crippen molar-refractivity contribution in [3.63, 3.8) is 0 Å². The van der Waals surface area contributed by atoms with Crippen LogP contribution < -0.4 is 14.8 Å². The minimum Gasteiger partial charge on any atom is -0.493 e. The third-order valence-corrected chi connectivity index (χ3v) is 7.00. The van der Waals surface area contributed by atoms with Crippen LogP contribution in [-0.4, -0.2) is 64.1 Å². The molecule has 0 radical (unpaired) electrons. The number of benzene rings is 1. The van der Waals surface area contributed by atoms with Crippen molar-refractivity contribution in [1.29, 1.82) is 0 Å². The van der Waals surface area contributed by atoms with E-state index in [1.54, 1.807) is 25.2 Å². The van der Waals surface area contributed by atoms with Crippen LogP contribution >= 0.6 is 0 Å². The fourth-order valence-electron chi connectivity index (χ4n) is 3.39. The van der Waals surface area contributed by atoms with Crippen LogP contribution in [0.4, 0.5) is 0 Å². The number of sulfone groups is 1. The first-order valence-corrected chi connectivity index (χ1v) is 10.6. The van der Waals surface area contributed by atoms with Crippen LogP contribution in [0, 0.1) is 0 Å². The van der Waals surface area contributed by atoms with Gasteiger partial charge >= 0.3 is 0 Å². The number of rotatable bonds is 7. The number of hydrogen-bond acceptors (Lipinski definition) is 6. The molecule has 146 valence electrons. The van der Waals surface area contributed by atoms with E-state index in [2.05, 4.69) is 5.32 Å². The van der Waals surface area contributed by atoms with Crippen molar-refractivity contribution in [2.24, 2.45) is 0 Å². The molecule has 0 aliphatic carbocycles. The van der Waals surface area contributed by atoms with Gasteiger partial charge in [0.1, 0.15) is 0 Å². The molecule has 1 aliphatic rings. The molecule has 0 aromatic heterocycles. The maximum absolute atomic E-state index is 13.2. The average molecular weight is 384 g/mol. The Kier molecular flexibility index (Phi) is 6.52. The lowest BCUT2D eigenvalue weighted by molar-refractivity contribution is -0.135. The van der Waals surface area contributed by atoms with E-state index in [4.69, 9.17) is 9.47 Å². The standard InChI is InChI=1S/C18H28N2O5S/c1-5-20(13-14-6-7-15(24-2)16(12-14)25-3)17(21)18(26(4,22)23)8-10-19-11-9-18/h6-7,12,19H,5,8-11,13H2,1-4H3. The molecular formula is C18H28N2O5S. The molecule has 0 atom stereocenters. The summed E-state index contributed by atoms with van der Waals surface area (Å²) in [6, 6.07) is 5.44. The van der Waals surface area contributed by atoms with E-state index in [0.717, 1.165) is 5.56 Å². The van der Waals surface area contributed by atoms with Gasteiger partial charge < -0.3 is 19.7 Å². The lowest BCUT2D eigenvalue weighted by Crippen LogP contribution is -2.58. The molecule has 1 saturated heterocycles. The van der Waals surface area contributed by atoms with Crippen LogP contribution in [0.3, 0.4) is 0 Å². The van der Waals surface area contributed by atoms with Crippen molar-refractivity contribution in [2.45, 2.75) is 31.1 Å². The van der Waals surface area contributed by atoms with E-state index in [9.17, 15) is 13.2 Å². The minimum absolute atomic E-state index is 0.299. The Balaban J connectivity index is 2.31. The molecule has 26 heavy (non-hydrogen) atoms. The third kappa shape index (κ3) is 3.96. The highest BCUT2D eigenvalue weighted by molar-refractivity contribution is 7.92. The first-order valence-electron chi connectivity index (χ1n) is 8.69. The average Bonchev–Trinajstić information content (AvgIpc) is 2.64. The molecular weight excluding hydrogens is 356 g/mol. The van der Waals surface area contributed by atoms with Gasteiger partial charge in [-0.1, -0.05) is 6.07 Å². The molecule has 1 amide bonds. The minimum atomic E-state index is -3.53. The van der Waals surface area contributed by atoms with Crippen molar-refractivity contribution < 1.29 is 22.7 Å². The zero-order valence-corrected chi connectivity index (χ0v) is 16.7. The monoisotopic (exact) mass is 384 g/mol. The van der Waals surface area contributed by atoms with Crippen LogP contribution in [0.5, 0.6) is 11.5 Å². The Labute approximate surface area is 155 Å². The second-order valence-corrected chi connectivity index (χ2v) is 8.85. The zero-order valence-electron chi connectivity index (χ0n) is 15.9. The van der Waals surface area contributed by atoms with Crippen molar-refractivity contribution in [3.8, 4) is 11.5 Å². The molecule has 7 nitrogen and oxygen atoms in total. The fourth-order valence-corrected chi connectivity index (χ4v) is 4.78. The second kappa shape index (κ2) is 8.26. The molecule has 1 aromatic carbocycles. The smallest absolute Gasteiger partial charge is 0.244 e. The number of ether oxygens (including phenoxy) is 2. The summed E-state index contributed by atoms with van der Waals surface area (Å²) in [7, 11) is -0.418. The van der Waals surface area contributed by atoms with E-state index in [-0.39, 0.29) is 5.91 Å². The summed E-state index contributed by atoms with van der Waals surface area (Å²) in [5.74, 6) is 0.864. The summed E-state index contributed by atoms with van der Waals surface area (Å²) < 4.78 is 34.2. The molecule has 0 spiro atoms. The predicted molar refractivity (Wildman–Crippen MR) is 100 cm³/mol. The number of carbonyl (C=O) groups excluding carboxylic acids is 1. The molecule has 8 heteroatoms. The van der Waals surface area contributed by atoms with Gasteiger partial charge in [-0.25, -0.2) is 8.42 Å². The van der Waals surface area contributed by atoms with Crippen LogP contribution in [0.25, 0.3) is 0 Å². The number of nitrogens with one attached hydrogen (secondary N) is 1. The SMILES string of the molecule is CCN(Cc1ccc(OC)c(OC)c1)C(=O)C1(S(C)(=O)=O)CCNCC1. The van der Waals surface area contributed by atoms with E-state index >= 15 is 0 Å². The van der Waals surface area contributed by atoms with Crippen LogP contribution in [0.2, 0.25) is 0 Å². The molecule has 0 saturated carbocycles. The highest BCUT2D eigenvalue weighted by Crippen LogP contribution is 2.32. The van der Waals surface area contributed by atoms with Crippen LogP contribution in [-0.2, 0) is 21.2 Å². The van der Waals surface area contributed by atoms with E-state index in [0.29, 0.717) is 50.5 Å². The largest absolute Gasteiger partial charge is 0.493 e. The van der Waals surface area contributed by atoms with Gasteiger partial charge in [0.05, 0.1) is 14.2 Å². The first kappa shape index (κ1) is 20.5. The van der Waals surface area contributed by atoms with Crippen LogP contribution in [0.15, 0.2) is 18.2 Å². The normalized spacial score (nSPS) is 16.8. The summed E-state index contributed by atoms with van der Waals surface area (Å²) >= 11 is 0. The van der Waals surface area contributed by atoms with Gasteiger partial charge in [0.15, 0.2) is 26.1 Å². The third-order valence-electron chi connectivity index (χ3n) is 5.00. The first-order chi connectivity index (χ1) is 12.3. The molecule has 0 bridgehead atoms. The predicted octanol–water partition coefficient (Wildman–Crippen LogP) is 1.22. The zero-order chi connectivity index (χ0) is 19.4. The lowest BCUT2D eigenvalue weighted by Gasteiger charge is -2.38. The number of methoxy groups -OCH3 is 2. The number of nitrogens with zero attached hydrogens (tertiary/aromatic N) is 1. The molecule has 0 unspecified atom stereocenters. The Bertz CT molecular complexity index is 742. The maximum atomic E-state index is 13.2. The Morgan fingerprint density at radius 3 is 2.31 bits per heavy atom. The van der Waals surface area contributed by atoms with Crippen molar-refractivity contribution >= 4 is 15.7 Å². The summed E-state index contributed by atoms with van der Waals surface area (Å²) in [6.07, 6.45) is 1.76. The highest BCUT2D eigenvalue weighted by Gasteiger charge is 2.50. The summed E-state index contributed by atoms with van der Waals surface area (Å²) in [5.41, 5.74) is 0.857. The molecule has 1 fully saturated rings. The second-order valence-electron chi connectivity index (χ2n) is 6.53. The van der Waals surface area contributed by atoms with Gasteiger partial charge in [-0.05, 0) is 50.6 Å². The summed E-state index contributed by atoms with van der Waals surface area (Å²) in [4.78, 5) is 14.8. The van der Waals surface area contributed by atoms with Gasteiger partial charge in [0.2, 0.25) is 5.91 Å². The van der Waals surface area contributed by atoms with Gasteiger partial charge in [-0.2, -0.15) is 0 Å². The van der Waals surface area contributed by atoms with Gasteiger partial charge in [-0.15, -0.1) is 0 Å². The molecule has 1 N–H and O–H groups in total. The number of amides is 1. The van der Waals surface area contributed by atoms with Crippen molar-refractivity contribution in [1.82, 2.24) is 10.2 Å². The quantitative estimate of drug-likeness (QED) is 0.761. The van der Waals surface area contributed by atoms with Crippen molar-refractivity contribution in [2.75, 3.05) is 40.1 Å². The topological polar surface area (TPSA) is 84.9 Å². The van der Waals surface area contributed by atoms with Crippen molar-refractivity contribution in [3.05, 3.63) is 23.8 Å². The van der Waals surface area contributed by atoms with E-state index in [1.807, 2.05) is 19.1 Å². The Hall–Kier alpha value is -1.80. The molecule has 1 aromatic rings. The number of piperidine rings is 1. The van der Waals surface area contributed by atoms with Crippen LogP contribution in [0.1, 0.15) is 25.3 Å². The van der Waals surface area contributed by atoms with Gasteiger partial charge in [0, 0.05) is 19.3 Å². The Morgan fingerprint density at radius 2 is 1.81 bits per heavy atom. The maximum Gasteiger partial charge on any atom is 0.244 e. The fraction of sp³-hybridized carbons (Fsp3) is 0.611.